The molecule has 0 saturated heterocycles. The quantitative estimate of drug-likeness (QED) is 0.804. The van der Waals surface area contributed by atoms with Crippen LogP contribution in [0.3, 0.4) is 0 Å². The van der Waals surface area contributed by atoms with Crippen molar-refractivity contribution in [1.82, 2.24) is 9.88 Å². The second kappa shape index (κ2) is 6.37. The Hall–Kier alpha value is -1.10. The molecule has 1 heterocycles. The van der Waals surface area contributed by atoms with Gasteiger partial charge in [-0.15, -0.1) is 0 Å². The lowest BCUT2D eigenvalue weighted by Crippen LogP contribution is -2.23. The van der Waals surface area contributed by atoms with Gasteiger partial charge in [0, 0.05) is 6.54 Å². The number of rotatable bonds is 5. The molecule has 0 aromatic carbocycles. The van der Waals surface area contributed by atoms with Gasteiger partial charge in [0.1, 0.15) is 0 Å². The van der Waals surface area contributed by atoms with Crippen molar-refractivity contribution < 1.29 is 13.2 Å². The predicted octanol–water partition coefficient (Wildman–Crippen LogP) is 4.07. The molecule has 0 aliphatic heterocycles. The predicted molar refractivity (Wildman–Crippen MR) is 70.0 cm³/mol. The van der Waals surface area contributed by atoms with E-state index >= 15 is 0 Å². The first-order valence-corrected chi connectivity index (χ1v) is 6.58. The summed E-state index contributed by atoms with van der Waals surface area (Å²) >= 11 is 0. The van der Waals surface area contributed by atoms with Crippen molar-refractivity contribution in [2.24, 2.45) is 0 Å². The zero-order valence-corrected chi connectivity index (χ0v) is 11.9. The highest BCUT2D eigenvalue weighted by atomic mass is 19.4. The highest BCUT2D eigenvalue weighted by Gasteiger charge is 2.34. The number of nitrogens with zero attached hydrogens (tertiary/aromatic N) is 2. The minimum Gasteiger partial charge on any atom is -0.298 e. The first-order valence-electron chi connectivity index (χ1n) is 6.58. The molecule has 0 N–H and O–H groups in total. The molecule has 0 saturated carbocycles. The molecule has 0 aliphatic rings. The monoisotopic (exact) mass is 274 g/mol. The summed E-state index contributed by atoms with van der Waals surface area (Å²) in [7, 11) is 0. The average Bonchev–Trinajstić information content (AvgIpc) is 2.34. The Kier molecular flexibility index (Phi) is 5.35. The normalized spacial score (nSPS) is 12.5. The summed E-state index contributed by atoms with van der Waals surface area (Å²) < 4.78 is 38.7. The summed E-state index contributed by atoms with van der Waals surface area (Å²) in [5, 5.41) is 0. The van der Waals surface area contributed by atoms with Gasteiger partial charge in [0.25, 0.3) is 0 Å². The van der Waals surface area contributed by atoms with Crippen molar-refractivity contribution in [1.29, 1.82) is 0 Å². The van der Waals surface area contributed by atoms with E-state index < -0.39 is 11.7 Å². The second-order valence-corrected chi connectivity index (χ2v) is 4.85. The molecule has 5 heteroatoms. The Morgan fingerprint density at radius 1 is 1.16 bits per heavy atom. The molecule has 1 aromatic rings. The molecule has 0 radical (unpaired) electrons. The maximum absolute atomic E-state index is 12.9. The molecule has 0 amide bonds. The Morgan fingerprint density at radius 3 is 2.16 bits per heavy atom. The lowest BCUT2D eigenvalue weighted by atomic mass is 10.0. The third-order valence-corrected chi connectivity index (χ3v) is 3.11. The molecule has 2 nitrogen and oxygen atoms in total. The van der Waals surface area contributed by atoms with Crippen LogP contribution in [0.5, 0.6) is 0 Å². The molecule has 1 rings (SSSR count). The van der Waals surface area contributed by atoms with Gasteiger partial charge in [-0.3, -0.25) is 9.88 Å². The molecule has 19 heavy (non-hydrogen) atoms. The highest BCUT2D eigenvalue weighted by molar-refractivity contribution is 5.28. The standard InChI is InChI=1S/C14H21F3N2/c1-5-19(6-2)9-11-7-8-12(14(15,16)17)13(18-11)10(3)4/h7-8,10H,5-6,9H2,1-4H3. The molecule has 0 unspecified atom stereocenters. The van der Waals surface area contributed by atoms with Crippen LogP contribution in [0.1, 0.15) is 50.6 Å². The van der Waals surface area contributed by atoms with Crippen LogP contribution in [-0.2, 0) is 12.7 Å². The lowest BCUT2D eigenvalue weighted by molar-refractivity contribution is -0.138. The van der Waals surface area contributed by atoms with Gasteiger partial charge in [0.2, 0.25) is 0 Å². The molecular formula is C14H21F3N2. The van der Waals surface area contributed by atoms with Crippen LogP contribution in [0.25, 0.3) is 0 Å². The fourth-order valence-electron chi connectivity index (χ4n) is 1.96. The van der Waals surface area contributed by atoms with E-state index in [-0.39, 0.29) is 11.6 Å². The van der Waals surface area contributed by atoms with Gasteiger partial charge in [0.05, 0.1) is 17.0 Å². The van der Waals surface area contributed by atoms with Crippen molar-refractivity contribution in [3.05, 3.63) is 29.1 Å². The van der Waals surface area contributed by atoms with Crippen molar-refractivity contribution in [2.75, 3.05) is 13.1 Å². The number of halogens is 3. The first-order chi connectivity index (χ1) is 8.79. The van der Waals surface area contributed by atoms with E-state index in [0.29, 0.717) is 12.2 Å². The molecular weight excluding hydrogens is 253 g/mol. The van der Waals surface area contributed by atoms with Crippen LogP contribution in [0, 0.1) is 0 Å². The van der Waals surface area contributed by atoms with Crippen molar-refractivity contribution in [2.45, 2.75) is 46.3 Å². The number of pyridine rings is 1. The lowest BCUT2D eigenvalue weighted by Gasteiger charge is -2.20. The fraction of sp³-hybridized carbons (Fsp3) is 0.643. The summed E-state index contributed by atoms with van der Waals surface area (Å²) in [5.74, 6) is -0.242. The van der Waals surface area contributed by atoms with Gasteiger partial charge in [-0.2, -0.15) is 13.2 Å². The van der Waals surface area contributed by atoms with Crippen molar-refractivity contribution in [3.8, 4) is 0 Å². The van der Waals surface area contributed by atoms with Gasteiger partial charge in [-0.05, 0) is 31.1 Å². The Bertz CT molecular complexity index is 410. The molecule has 0 atom stereocenters. The van der Waals surface area contributed by atoms with Crippen LogP contribution in [0.2, 0.25) is 0 Å². The van der Waals surface area contributed by atoms with Crippen LogP contribution >= 0.6 is 0 Å². The van der Waals surface area contributed by atoms with Crippen molar-refractivity contribution in [3.63, 3.8) is 0 Å². The summed E-state index contributed by atoms with van der Waals surface area (Å²) in [4.78, 5) is 6.34. The topological polar surface area (TPSA) is 16.1 Å². The third kappa shape index (κ3) is 4.20. The molecule has 0 spiro atoms. The third-order valence-electron chi connectivity index (χ3n) is 3.11. The van der Waals surface area contributed by atoms with E-state index in [1.807, 2.05) is 13.8 Å². The maximum Gasteiger partial charge on any atom is 0.418 e. The van der Waals surface area contributed by atoms with Crippen LogP contribution in [0.15, 0.2) is 12.1 Å². The molecule has 108 valence electrons. The van der Waals surface area contributed by atoms with E-state index in [0.717, 1.165) is 19.2 Å². The SMILES string of the molecule is CCN(CC)Cc1ccc(C(F)(F)F)c(C(C)C)n1. The van der Waals surface area contributed by atoms with Gasteiger partial charge < -0.3 is 0 Å². The number of hydrogen-bond donors (Lipinski definition) is 0. The van der Waals surface area contributed by atoms with Crippen molar-refractivity contribution >= 4 is 0 Å². The van der Waals surface area contributed by atoms with E-state index in [9.17, 15) is 13.2 Å². The number of hydrogen-bond acceptors (Lipinski definition) is 2. The van der Waals surface area contributed by atoms with Gasteiger partial charge >= 0.3 is 6.18 Å². The average molecular weight is 274 g/mol. The molecule has 1 aromatic heterocycles. The minimum absolute atomic E-state index is 0.136. The van der Waals surface area contributed by atoms with Gasteiger partial charge in [0.15, 0.2) is 0 Å². The van der Waals surface area contributed by atoms with E-state index in [1.54, 1.807) is 13.8 Å². The Balaban J connectivity index is 3.10. The van der Waals surface area contributed by atoms with E-state index in [4.69, 9.17) is 0 Å². The summed E-state index contributed by atoms with van der Waals surface area (Å²) in [6.07, 6.45) is -4.33. The first kappa shape index (κ1) is 16.0. The largest absolute Gasteiger partial charge is 0.418 e. The molecule has 0 aliphatic carbocycles. The zero-order chi connectivity index (χ0) is 14.6. The van der Waals surface area contributed by atoms with Crippen LogP contribution in [0.4, 0.5) is 13.2 Å². The fourth-order valence-corrected chi connectivity index (χ4v) is 1.96. The van der Waals surface area contributed by atoms with E-state index in [2.05, 4.69) is 9.88 Å². The summed E-state index contributed by atoms with van der Waals surface area (Å²) in [5.41, 5.74) is 0.211. The number of aromatic nitrogens is 1. The van der Waals surface area contributed by atoms with E-state index in [1.165, 1.54) is 6.07 Å². The Labute approximate surface area is 112 Å². The maximum atomic E-state index is 12.9. The zero-order valence-electron chi connectivity index (χ0n) is 11.9. The smallest absolute Gasteiger partial charge is 0.298 e. The summed E-state index contributed by atoms with van der Waals surface area (Å²) in [6, 6.07) is 2.63. The van der Waals surface area contributed by atoms with Crippen LogP contribution in [-0.4, -0.2) is 23.0 Å². The second-order valence-electron chi connectivity index (χ2n) is 4.85. The minimum atomic E-state index is -4.33. The molecule has 0 fully saturated rings. The Morgan fingerprint density at radius 2 is 1.74 bits per heavy atom. The summed E-state index contributed by atoms with van der Waals surface area (Å²) in [6.45, 7) is 9.82. The van der Waals surface area contributed by atoms with Crippen LogP contribution < -0.4 is 0 Å². The van der Waals surface area contributed by atoms with Gasteiger partial charge in [-0.1, -0.05) is 27.7 Å². The van der Waals surface area contributed by atoms with Gasteiger partial charge in [-0.25, -0.2) is 0 Å². The number of alkyl halides is 3. The highest BCUT2D eigenvalue weighted by Crippen LogP contribution is 2.34. The molecule has 0 bridgehead atoms.